The van der Waals surface area contributed by atoms with Crippen LogP contribution in [-0.2, 0) is 4.79 Å². The first kappa shape index (κ1) is 19.2. The van der Waals surface area contributed by atoms with Gasteiger partial charge in [-0.05, 0) is 50.7 Å². The van der Waals surface area contributed by atoms with Crippen molar-refractivity contribution in [3.63, 3.8) is 0 Å². The van der Waals surface area contributed by atoms with Gasteiger partial charge >= 0.3 is 6.03 Å². The normalized spacial score (nSPS) is 29.4. The summed E-state index contributed by atoms with van der Waals surface area (Å²) in [7, 11) is 1.91. The predicted octanol–water partition coefficient (Wildman–Crippen LogP) is 2.81. The van der Waals surface area contributed by atoms with Gasteiger partial charge in [0.15, 0.2) is 0 Å². The van der Waals surface area contributed by atoms with Gasteiger partial charge in [0.2, 0.25) is 5.91 Å². The van der Waals surface area contributed by atoms with Crippen molar-refractivity contribution in [1.82, 2.24) is 15.1 Å². The number of halogens is 1. The van der Waals surface area contributed by atoms with Crippen molar-refractivity contribution in [3.05, 3.63) is 30.1 Å². The molecule has 4 rings (SSSR count). The summed E-state index contributed by atoms with van der Waals surface area (Å²) in [6.07, 6.45) is 6.02. The first-order chi connectivity index (χ1) is 13.5. The zero-order chi connectivity index (χ0) is 19.7. The number of piperidine rings is 2. The summed E-state index contributed by atoms with van der Waals surface area (Å²) in [5.74, 6) is -0.506. The fraction of sp³-hybridized carbons (Fsp3) is 0.619. The quantitative estimate of drug-likeness (QED) is 0.837. The standard InChI is InChI=1S/C21H29FN4O2/c1-25(17-11-15-8-9-16(12-17)23-15)20(27)14-5-4-10-26(13-14)21(28)24-19-7-3-2-6-18(19)22/h2-3,6-7,14-17,23H,4-5,8-13H2,1H3,(H,24,28). The zero-order valence-electron chi connectivity index (χ0n) is 16.4. The molecule has 3 fully saturated rings. The highest BCUT2D eigenvalue weighted by atomic mass is 19.1. The number of para-hydroxylation sites is 1. The van der Waals surface area contributed by atoms with Gasteiger partial charge in [-0.15, -0.1) is 0 Å². The molecular formula is C21H29FN4O2. The second kappa shape index (κ2) is 8.07. The average molecular weight is 388 g/mol. The van der Waals surface area contributed by atoms with E-state index >= 15 is 0 Å². The van der Waals surface area contributed by atoms with Gasteiger partial charge in [0, 0.05) is 38.3 Å². The number of hydrogen-bond donors (Lipinski definition) is 2. The molecule has 152 valence electrons. The lowest BCUT2D eigenvalue weighted by molar-refractivity contribution is -0.138. The van der Waals surface area contributed by atoms with E-state index in [0.717, 1.165) is 25.7 Å². The lowest BCUT2D eigenvalue weighted by atomic mass is 9.93. The number of carbonyl (C=O) groups excluding carboxylic acids is 2. The lowest BCUT2D eigenvalue weighted by Crippen LogP contribution is -2.52. The maximum Gasteiger partial charge on any atom is 0.321 e. The summed E-state index contributed by atoms with van der Waals surface area (Å²) >= 11 is 0. The van der Waals surface area contributed by atoms with E-state index in [1.54, 1.807) is 23.1 Å². The Morgan fingerprint density at radius 1 is 1.18 bits per heavy atom. The monoisotopic (exact) mass is 388 g/mol. The van der Waals surface area contributed by atoms with Crippen molar-refractivity contribution in [2.45, 2.75) is 56.7 Å². The molecule has 1 aromatic carbocycles. The number of urea groups is 1. The van der Waals surface area contributed by atoms with Crippen LogP contribution in [0.25, 0.3) is 0 Å². The van der Waals surface area contributed by atoms with Crippen LogP contribution in [0.1, 0.15) is 38.5 Å². The number of amides is 3. The fourth-order valence-corrected chi connectivity index (χ4v) is 4.93. The molecule has 0 saturated carbocycles. The molecule has 0 aromatic heterocycles. The van der Waals surface area contributed by atoms with Crippen molar-refractivity contribution in [1.29, 1.82) is 0 Å². The second-order valence-electron chi connectivity index (χ2n) is 8.41. The predicted molar refractivity (Wildman–Crippen MR) is 105 cm³/mol. The molecule has 3 atom stereocenters. The van der Waals surface area contributed by atoms with Gasteiger partial charge in [0.25, 0.3) is 0 Å². The Morgan fingerprint density at radius 2 is 1.89 bits per heavy atom. The highest BCUT2D eigenvalue weighted by Gasteiger charge is 2.38. The number of hydrogen-bond acceptors (Lipinski definition) is 3. The first-order valence-corrected chi connectivity index (χ1v) is 10.3. The summed E-state index contributed by atoms with van der Waals surface area (Å²) < 4.78 is 13.8. The summed E-state index contributed by atoms with van der Waals surface area (Å²) in [6, 6.07) is 7.14. The van der Waals surface area contributed by atoms with Crippen LogP contribution in [-0.4, -0.2) is 60.0 Å². The van der Waals surface area contributed by atoms with E-state index in [1.807, 2.05) is 11.9 Å². The third-order valence-electron chi connectivity index (χ3n) is 6.52. The Morgan fingerprint density at radius 3 is 2.61 bits per heavy atom. The van der Waals surface area contributed by atoms with Crippen LogP contribution >= 0.6 is 0 Å². The number of rotatable bonds is 3. The Hall–Kier alpha value is -2.15. The Labute approximate surface area is 165 Å². The summed E-state index contributed by atoms with van der Waals surface area (Å²) in [4.78, 5) is 29.2. The third kappa shape index (κ3) is 3.99. The van der Waals surface area contributed by atoms with E-state index in [4.69, 9.17) is 0 Å². The topological polar surface area (TPSA) is 64.7 Å². The van der Waals surface area contributed by atoms with Crippen molar-refractivity contribution < 1.29 is 14.0 Å². The van der Waals surface area contributed by atoms with Gasteiger partial charge in [0.05, 0.1) is 11.6 Å². The number of fused-ring (bicyclic) bond motifs is 2. The van der Waals surface area contributed by atoms with Gasteiger partial charge in [-0.25, -0.2) is 9.18 Å². The highest BCUT2D eigenvalue weighted by molar-refractivity contribution is 5.90. The van der Waals surface area contributed by atoms with E-state index in [9.17, 15) is 14.0 Å². The maximum atomic E-state index is 13.8. The van der Waals surface area contributed by atoms with E-state index in [1.165, 1.54) is 18.9 Å². The third-order valence-corrected chi connectivity index (χ3v) is 6.52. The van der Waals surface area contributed by atoms with Crippen molar-refractivity contribution in [2.75, 3.05) is 25.5 Å². The molecule has 2 N–H and O–H groups in total. The van der Waals surface area contributed by atoms with Crippen LogP contribution in [0.3, 0.4) is 0 Å². The van der Waals surface area contributed by atoms with Crippen LogP contribution in [0.5, 0.6) is 0 Å². The zero-order valence-corrected chi connectivity index (χ0v) is 16.4. The Kier molecular flexibility index (Phi) is 5.53. The van der Waals surface area contributed by atoms with Gasteiger partial charge in [-0.3, -0.25) is 4.79 Å². The largest absolute Gasteiger partial charge is 0.342 e. The van der Waals surface area contributed by atoms with Crippen LogP contribution in [0.4, 0.5) is 14.9 Å². The van der Waals surface area contributed by atoms with Crippen molar-refractivity contribution in [2.24, 2.45) is 5.92 Å². The molecule has 3 unspecified atom stereocenters. The van der Waals surface area contributed by atoms with Gasteiger partial charge in [-0.2, -0.15) is 0 Å². The highest BCUT2D eigenvalue weighted by Crippen LogP contribution is 2.30. The molecule has 2 bridgehead atoms. The van der Waals surface area contributed by atoms with Gasteiger partial charge in [-0.1, -0.05) is 12.1 Å². The molecule has 0 aliphatic carbocycles. The van der Waals surface area contributed by atoms with Crippen LogP contribution in [0, 0.1) is 11.7 Å². The molecule has 3 aliphatic rings. The average Bonchev–Trinajstić information content (AvgIpc) is 3.06. The molecule has 28 heavy (non-hydrogen) atoms. The molecule has 3 aliphatic heterocycles. The smallest absolute Gasteiger partial charge is 0.321 e. The van der Waals surface area contributed by atoms with Crippen molar-refractivity contribution in [3.8, 4) is 0 Å². The lowest BCUT2D eigenvalue weighted by Gasteiger charge is -2.39. The summed E-state index contributed by atoms with van der Waals surface area (Å²) in [5.41, 5.74) is 0.170. The number of likely N-dealkylation sites (tertiary alicyclic amines) is 1. The molecule has 0 radical (unpaired) electrons. The fourth-order valence-electron chi connectivity index (χ4n) is 4.93. The molecular weight excluding hydrogens is 359 g/mol. The molecule has 3 saturated heterocycles. The number of nitrogens with one attached hydrogen (secondary N) is 2. The van der Waals surface area contributed by atoms with Crippen LogP contribution < -0.4 is 10.6 Å². The van der Waals surface area contributed by atoms with Crippen LogP contribution in [0.15, 0.2) is 24.3 Å². The molecule has 3 amide bonds. The number of benzene rings is 1. The van der Waals surface area contributed by atoms with E-state index < -0.39 is 5.82 Å². The van der Waals surface area contributed by atoms with Crippen molar-refractivity contribution >= 4 is 17.6 Å². The minimum absolute atomic E-state index is 0.134. The summed E-state index contributed by atoms with van der Waals surface area (Å²) in [6.45, 7) is 0.979. The SMILES string of the molecule is CN(C(=O)C1CCCN(C(=O)Nc2ccccc2F)C1)C1CC2CCC(C1)N2. The molecule has 3 heterocycles. The number of anilines is 1. The Balaban J connectivity index is 1.35. The van der Waals surface area contributed by atoms with E-state index in [0.29, 0.717) is 25.2 Å². The Bertz CT molecular complexity index is 731. The van der Waals surface area contributed by atoms with Crippen LogP contribution in [0.2, 0.25) is 0 Å². The first-order valence-electron chi connectivity index (χ1n) is 10.3. The molecule has 6 nitrogen and oxygen atoms in total. The molecule has 0 spiro atoms. The van der Waals surface area contributed by atoms with E-state index in [-0.39, 0.29) is 29.6 Å². The maximum absolute atomic E-state index is 13.8. The van der Waals surface area contributed by atoms with E-state index in [2.05, 4.69) is 10.6 Å². The second-order valence-corrected chi connectivity index (χ2v) is 8.41. The minimum Gasteiger partial charge on any atom is -0.342 e. The minimum atomic E-state index is -0.458. The molecule has 1 aromatic rings. The van der Waals surface area contributed by atoms with Gasteiger partial charge < -0.3 is 20.4 Å². The summed E-state index contributed by atoms with van der Waals surface area (Å²) in [5, 5.41) is 6.24. The molecule has 7 heteroatoms. The van der Waals surface area contributed by atoms with Gasteiger partial charge in [0.1, 0.15) is 5.82 Å². The number of nitrogens with zero attached hydrogens (tertiary/aromatic N) is 2. The number of carbonyl (C=O) groups is 2.